The Labute approximate surface area is 151 Å². The molecule has 7 heteroatoms. The Kier molecular flexibility index (Phi) is 6.82. The zero-order valence-corrected chi connectivity index (χ0v) is 15.4. The number of hydrogen-bond acceptors (Lipinski definition) is 5. The molecule has 2 aromatic rings. The number of rotatable bonds is 8. The van der Waals surface area contributed by atoms with Gasteiger partial charge < -0.3 is 20.1 Å². The predicted molar refractivity (Wildman–Crippen MR) is 97.4 cm³/mol. The minimum atomic E-state index is -0.188. The number of ether oxygens (including phenoxy) is 2. The molecule has 2 rings (SSSR count). The summed E-state index contributed by atoms with van der Waals surface area (Å²) in [6.45, 7) is 4.67. The molecule has 0 aliphatic rings. The van der Waals surface area contributed by atoms with Crippen molar-refractivity contribution in [2.45, 2.75) is 20.4 Å². The van der Waals surface area contributed by atoms with Gasteiger partial charge in [-0.3, -0.25) is 9.59 Å². The molecule has 2 amide bonds. The Morgan fingerprint density at radius 1 is 1.12 bits per heavy atom. The fourth-order valence-corrected chi connectivity index (χ4v) is 2.94. The number of carbonyl (C=O) groups excluding carboxylic acids is 2. The lowest BCUT2D eigenvalue weighted by atomic mass is 10.2. The van der Waals surface area contributed by atoms with Crippen LogP contribution in [0, 0.1) is 6.92 Å². The molecule has 0 aliphatic heterocycles. The molecule has 0 radical (unpaired) electrons. The van der Waals surface area contributed by atoms with E-state index in [4.69, 9.17) is 9.47 Å². The molecular formula is C18H22N2O4S. The number of amides is 2. The molecule has 0 saturated heterocycles. The summed E-state index contributed by atoms with van der Waals surface area (Å²) < 4.78 is 10.8. The van der Waals surface area contributed by atoms with E-state index in [1.165, 1.54) is 18.4 Å². The second-order valence-corrected chi connectivity index (χ2v) is 6.61. The molecule has 25 heavy (non-hydrogen) atoms. The van der Waals surface area contributed by atoms with Gasteiger partial charge in [-0.25, -0.2) is 0 Å². The van der Waals surface area contributed by atoms with Gasteiger partial charge in [0.1, 0.15) is 0 Å². The van der Waals surface area contributed by atoms with E-state index in [1.807, 2.05) is 32.0 Å². The van der Waals surface area contributed by atoms with Crippen molar-refractivity contribution in [3.8, 4) is 11.5 Å². The first-order valence-electron chi connectivity index (χ1n) is 7.94. The lowest BCUT2D eigenvalue weighted by molar-refractivity contribution is -0.123. The van der Waals surface area contributed by atoms with Crippen LogP contribution in [-0.4, -0.2) is 32.1 Å². The van der Waals surface area contributed by atoms with E-state index < -0.39 is 0 Å². The molecule has 1 aromatic heterocycles. The summed E-state index contributed by atoms with van der Waals surface area (Å²) in [4.78, 5) is 25.3. The van der Waals surface area contributed by atoms with Crippen LogP contribution in [0.4, 0.5) is 0 Å². The molecule has 0 spiro atoms. The normalized spacial score (nSPS) is 10.2. The van der Waals surface area contributed by atoms with E-state index in [1.54, 1.807) is 12.1 Å². The highest BCUT2D eigenvalue weighted by molar-refractivity contribution is 7.13. The van der Waals surface area contributed by atoms with Crippen molar-refractivity contribution in [2.24, 2.45) is 0 Å². The van der Waals surface area contributed by atoms with Crippen LogP contribution >= 0.6 is 11.3 Å². The van der Waals surface area contributed by atoms with Gasteiger partial charge in [-0.1, -0.05) is 6.07 Å². The first-order valence-corrected chi connectivity index (χ1v) is 8.76. The van der Waals surface area contributed by atoms with Crippen LogP contribution in [0.5, 0.6) is 11.5 Å². The monoisotopic (exact) mass is 362 g/mol. The van der Waals surface area contributed by atoms with E-state index in [0.717, 1.165) is 10.4 Å². The smallest absolute Gasteiger partial charge is 0.261 e. The van der Waals surface area contributed by atoms with Gasteiger partial charge in [-0.15, -0.1) is 11.3 Å². The lowest BCUT2D eigenvalue weighted by Gasteiger charge is -2.12. The average molecular weight is 362 g/mol. The number of likely N-dealkylation sites (N-methyl/N-ethyl adjacent to an activating group) is 1. The van der Waals surface area contributed by atoms with Gasteiger partial charge in [0.05, 0.1) is 12.0 Å². The maximum atomic E-state index is 12.1. The number of methoxy groups -OCH3 is 1. The lowest BCUT2D eigenvalue weighted by Crippen LogP contribution is -2.28. The standard InChI is InChI=1S/C18H22N2O4S/c1-4-19-17(21)11-24-14-7-6-13(9-15(14)23-3)10-20-18(22)16-8-5-12(2)25-16/h5-9H,4,10-11H2,1-3H3,(H,19,21)(H,20,22). The minimum Gasteiger partial charge on any atom is -0.493 e. The molecule has 2 N–H and O–H groups in total. The highest BCUT2D eigenvalue weighted by Gasteiger charge is 2.11. The van der Waals surface area contributed by atoms with E-state index in [2.05, 4.69) is 10.6 Å². The molecule has 0 atom stereocenters. The van der Waals surface area contributed by atoms with Crippen LogP contribution in [0.15, 0.2) is 30.3 Å². The third-order valence-corrected chi connectivity index (χ3v) is 4.38. The number of benzene rings is 1. The fraction of sp³-hybridized carbons (Fsp3) is 0.333. The molecular weight excluding hydrogens is 340 g/mol. The Morgan fingerprint density at radius 2 is 1.92 bits per heavy atom. The van der Waals surface area contributed by atoms with Gasteiger partial charge in [-0.2, -0.15) is 0 Å². The van der Waals surface area contributed by atoms with Crippen molar-refractivity contribution in [3.05, 3.63) is 45.6 Å². The zero-order chi connectivity index (χ0) is 18.2. The van der Waals surface area contributed by atoms with Crippen LogP contribution in [0.25, 0.3) is 0 Å². The molecule has 0 bridgehead atoms. The Hall–Kier alpha value is -2.54. The van der Waals surface area contributed by atoms with Gasteiger partial charge in [0, 0.05) is 18.0 Å². The van der Waals surface area contributed by atoms with Crippen molar-refractivity contribution in [2.75, 3.05) is 20.3 Å². The van der Waals surface area contributed by atoms with Crippen LogP contribution in [0.1, 0.15) is 27.0 Å². The second kappa shape index (κ2) is 9.08. The van der Waals surface area contributed by atoms with Gasteiger partial charge in [0.25, 0.3) is 11.8 Å². The summed E-state index contributed by atoms with van der Waals surface area (Å²) in [7, 11) is 1.53. The van der Waals surface area contributed by atoms with E-state index >= 15 is 0 Å². The van der Waals surface area contributed by atoms with Gasteiger partial charge in [-0.05, 0) is 43.7 Å². The summed E-state index contributed by atoms with van der Waals surface area (Å²) >= 11 is 1.46. The van der Waals surface area contributed by atoms with Crippen molar-refractivity contribution in [3.63, 3.8) is 0 Å². The van der Waals surface area contributed by atoms with E-state index in [9.17, 15) is 9.59 Å². The second-order valence-electron chi connectivity index (χ2n) is 5.32. The van der Waals surface area contributed by atoms with Crippen molar-refractivity contribution in [1.29, 1.82) is 0 Å². The number of thiophene rings is 1. The molecule has 6 nitrogen and oxygen atoms in total. The highest BCUT2D eigenvalue weighted by atomic mass is 32.1. The van der Waals surface area contributed by atoms with Crippen molar-refractivity contribution in [1.82, 2.24) is 10.6 Å². The molecule has 0 saturated carbocycles. The summed E-state index contributed by atoms with van der Waals surface area (Å²) in [5.74, 6) is 0.710. The maximum Gasteiger partial charge on any atom is 0.261 e. The van der Waals surface area contributed by atoms with E-state index in [-0.39, 0.29) is 18.4 Å². The van der Waals surface area contributed by atoms with Crippen LogP contribution in [0.2, 0.25) is 0 Å². The predicted octanol–water partition coefficient (Wildman–Crippen LogP) is 2.51. The number of carbonyl (C=O) groups is 2. The number of aryl methyl sites for hydroxylation is 1. The largest absolute Gasteiger partial charge is 0.493 e. The zero-order valence-electron chi connectivity index (χ0n) is 14.5. The summed E-state index contributed by atoms with van der Waals surface area (Å²) in [5, 5.41) is 5.54. The molecule has 0 aliphatic carbocycles. The molecule has 134 valence electrons. The Morgan fingerprint density at radius 3 is 2.56 bits per heavy atom. The molecule has 1 heterocycles. The fourth-order valence-electron chi connectivity index (χ4n) is 2.16. The third-order valence-electron chi connectivity index (χ3n) is 3.38. The number of nitrogens with one attached hydrogen (secondary N) is 2. The topological polar surface area (TPSA) is 76.7 Å². The van der Waals surface area contributed by atoms with Gasteiger partial charge in [0.2, 0.25) is 0 Å². The van der Waals surface area contributed by atoms with Gasteiger partial charge in [0.15, 0.2) is 18.1 Å². The average Bonchev–Trinajstić information content (AvgIpc) is 3.05. The summed E-state index contributed by atoms with van der Waals surface area (Å²) in [6.07, 6.45) is 0. The van der Waals surface area contributed by atoms with Crippen molar-refractivity contribution >= 4 is 23.2 Å². The van der Waals surface area contributed by atoms with E-state index in [0.29, 0.717) is 29.5 Å². The maximum absolute atomic E-state index is 12.1. The third kappa shape index (κ3) is 5.49. The highest BCUT2D eigenvalue weighted by Crippen LogP contribution is 2.28. The van der Waals surface area contributed by atoms with Crippen LogP contribution < -0.4 is 20.1 Å². The minimum absolute atomic E-state index is 0.0714. The van der Waals surface area contributed by atoms with Gasteiger partial charge >= 0.3 is 0 Å². The SMILES string of the molecule is CCNC(=O)COc1ccc(CNC(=O)c2ccc(C)s2)cc1OC. The molecule has 1 aromatic carbocycles. The molecule has 0 fully saturated rings. The van der Waals surface area contributed by atoms with Crippen molar-refractivity contribution < 1.29 is 19.1 Å². The quantitative estimate of drug-likeness (QED) is 0.756. The number of hydrogen-bond donors (Lipinski definition) is 2. The first kappa shape index (κ1) is 18.8. The molecule has 0 unspecified atom stereocenters. The Bertz CT molecular complexity index is 742. The van der Waals surface area contributed by atoms with Crippen LogP contribution in [-0.2, 0) is 11.3 Å². The Balaban J connectivity index is 1.95. The summed E-state index contributed by atoms with van der Waals surface area (Å²) in [5.41, 5.74) is 0.879. The summed E-state index contributed by atoms with van der Waals surface area (Å²) in [6, 6.07) is 9.08. The van der Waals surface area contributed by atoms with Crippen LogP contribution in [0.3, 0.4) is 0 Å². The first-order chi connectivity index (χ1) is 12.0.